The summed E-state index contributed by atoms with van der Waals surface area (Å²) in [5, 5.41) is 0. The van der Waals surface area contributed by atoms with Crippen LogP contribution in [0.2, 0.25) is 0 Å². The molecule has 0 nitrogen and oxygen atoms in total. The Balaban J connectivity index is 0. The Kier molecular flexibility index (Phi) is 558. The summed E-state index contributed by atoms with van der Waals surface area (Å²) in [7, 11) is 0. The molecule has 0 aromatic carbocycles. The fraction of sp³-hybridized carbons (Fsp3) is 0. The molecule has 0 saturated heterocycles. The largest absolute Gasteiger partial charge is 0 e. The Hall–Kier alpha value is 6.30. The molecular formula is Ce2Co7. The molecule has 0 aliphatic rings. The Morgan fingerprint density at radius 2 is 0.222 bits per heavy atom. The third kappa shape index (κ3) is 54.5. The van der Waals surface area contributed by atoms with Gasteiger partial charge in [0.15, 0.2) is 0 Å². The molecule has 0 N–H and O–H groups in total. The van der Waals surface area contributed by atoms with E-state index in [1.807, 2.05) is 0 Å². The van der Waals surface area contributed by atoms with Crippen LogP contribution in [0, 0.1) is 83.5 Å². The van der Waals surface area contributed by atoms with Crippen LogP contribution in [0.3, 0.4) is 0 Å². The van der Waals surface area contributed by atoms with Gasteiger partial charge in [0.1, 0.15) is 0 Å². The second kappa shape index (κ2) is 63.7. The van der Waals surface area contributed by atoms with Crippen molar-refractivity contribution in [3.8, 4) is 0 Å². The Bertz CT molecular complexity index is 6.88. The maximum atomic E-state index is 0. The monoisotopic (exact) mass is 692 g/mol. The average Bonchev–Trinajstić information content (AvgIpc) is 0. The van der Waals surface area contributed by atoms with E-state index in [0.717, 1.165) is 0 Å². The van der Waals surface area contributed by atoms with Crippen molar-refractivity contribution >= 4 is 0 Å². The average molecular weight is 693 g/mol. The van der Waals surface area contributed by atoms with Gasteiger partial charge in [-0.1, -0.05) is 0 Å². The Morgan fingerprint density at radius 1 is 0.222 bits per heavy atom. The van der Waals surface area contributed by atoms with Gasteiger partial charge in [-0.15, -0.1) is 0 Å². The molecule has 71 valence electrons. The first kappa shape index (κ1) is 78.8. The van der Waals surface area contributed by atoms with E-state index in [-0.39, 0.29) is 201 Å². The standard InChI is InChI=1S/2Ce.7Co. The van der Waals surface area contributed by atoms with Gasteiger partial charge >= 0.3 is 0 Å². The molecule has 0 heterocycles. The van der Waals surface area contributed by atoms with Crippen molar-refractivity contribution in [1.29, 1.82) is 0 Å². The van der Waals surface area contributed by atoms with E-state index in [2.05, 4.69) is 0 Å². The van der Waals surface area contributed by atoms with Crippen LogP contribution in [0.25, 0.3) is 0 Å². The molecule has 0 aromatic heterocycles. The predicted octanol–water partition coefficient (Wildman–Crippen LogP) is -0.0175. The van der Waals surface area contributed by atoms with Crippen molar-refractivity contribution in [2.75, 3.05) is 0 Å². The van der Waals surface area contributed by atoms with E-state index in [0.29, 0.717) is 0 Å². The van der Waals surface area contributed by atoms with Gasteiger partial charge in [-0.2, -0.15) is 0 Å². The summed E-state index contributed by atoms with van der Waals surface area (Å²) < 4.78 is 0. The Labute approximate surface area is 195 Å². The Morgan fingerprint density at radius 3 is 0.222 bits per heavy atom. The predicted molar refractivity (Wildman–Crippen MR) is 0 cm³/mol. The molecule has 0 aromatic rings. The number of hydrogen-bond donors (Lipinski definition) is 0. The van der Waals surface area contributed by atoms with Crippen molar-refractivity contribution in [3.05, 3.63) is 0 Å². The fourth-order valence-corrected chi connectivity index (χ4v) is 0. The van der Waals surface area contributed by atoms with Crippen LogP contribution in [-0.2, 0) is 117 Å². The summed E-state index contributed by atoms with van der Waals surface area (Å²) in [6.45, 7) is 0. The van der Waals surface area contributed by atoms with Crippen LogP contribution < -0.4 is 0 Å². The first-order chi connectivity index (χ1) is 0. The van der Waals surface area contributed by atoms with Gasteiger partial charge in [0.05, 0.1) is 0 Å². The molecule has 0 unspecified atom stereocenters. The molecule has 7 radical (unpaired) electrons. The van der Waals surface area contributed by atoms with Crippen LogP contribution in [0.4, 0.5) is 0 Å². The van der Waals surface area contributed by atoms with Gasteiger partial charge in [-0.05, 0) is 0 Å². The molecule has 9 heteroatoms. The minimum atomic E-state index is 0. The quantitative estimate of drug-likeness (QED) is 0.336. The van der Waals surface area contributed by atoms with Gasteiger partial charge in [0, 0.05) is 201 Å². The van der Waals surface area contributed by atoms with E-state index in [1.54, 1.807) is 0 Å². The summed E-state index contributed by atoms with van der Waals surface area (Å²) in [5.74, 6) is 0. The summed E-state index contributed by atoms with van der Waals surface area (Å²) in [6, 6.07) is 0. The number of rotatable bonds is 0. The van der Waals surface area contributed by atoms with Crippen molar-refractivity contribution < 1.29 is 201 Å². The summed E-state index contributed by atoms with van der Waals surface area (Å²) in [6.07, 6.45) is 0. The minimum Gasteiger partial charge on any atom is 0 e. The summed E-state index contributed by atoms with van der Waals surface area (Å²) >= 11 is 0. The third-order valence-electron chi connectivity index (χ3n) is 0. The SMILES string of the molecule is [Ce].[Ce].[Co].[Co].[Co].[Co].[Co].[Co].[Co]. The molecule has 9 heavy (non-hydrogen) atoms. The molecule has 0 amide bonds. The maximum Gasteiger partial charge on any atom is 0 e. The van der Waals surface area contributed by atoms with Crippen LogP contribution in [0.1, 0.15) is 0 Å². The van der Waals surface area contributed by atoms with Crippen molar-refractivity contribution in [3.63, 3.8) is 0 Å². The first-order valence-electron chi connectivity index (χ1n) is 0. The molecule has 0 fully saturated rings. The summed E-state index contributed by atoms with van der Waals surface area (Å²) in [4.78, 5) is 0. The molecule has 0 aliphatic heterocycles. The minimum absolute atomic E-state index is 0. The second-order valence-electron chi connectivity index (χ2n) is 0. The zero-order chi connectivity index (χ0) is 0. The topological polar surface area (TPSA) is 0 Å². The zero-order valence-electron chi connectivity index (χ0n) is 3.33. The molecule has 0 saturated carbocycles. The molecule has 0 atom stereocenters. The van der Waals surface area contributed by atoms with Crippen LogP contribution in [0.5, 0.6) is 0 Å². The van der Waals surface area contributed by atoms with E-state index in [9.17, 15) is 0 Å². The van der Waals surface area contributed by atoms with Crippen molar-refractivity contribution in [1.82, 2.24) is 0 Å². The summed E-state index contributed by atoms with van der Waals surface area (Å²) in [5.41, 5.74) is 0. The molecule has 0 bridgehead atoms. The van der Waals surface area contributed by atoms with E-state index >= 15 is 0 Å². The fourth-order valence-electron chi connectivity index (χ4n) is 0. The normalized spacial score (nSPS) is 0. The second-order valence-corrected chi connectivity index (χ2v) is 0. The third-order valence-corrected chi connectivity index (χ3v) is 0. The van der Waals surface area contributed by atoms with Crippen molar-refractivity contribution in [2.24, 2.45) is 0 Å². The van der Waals surface area contributed by atoms with E-state index in [4.69, 9.17) is 0 Å². The zero-order valence-corrected chi connectivity index (χ0v) is 16.9. The maximum absolute atomic E-state index is 0. The van der Waals surface area contributed by atoms with Gasteiger partial charge in [0.25, 0.3) is 0 Å². The van der Waals surface area contributed by atoms with Gasteiger partial charge in [-0.3, -0.25) is 0 Å². The van der Waals surface area contributed by atoms with Crippen LogP contribution in [-0.4, -0.2) is 0 Å². The van der Waals surface area contributed by atoms with Crippen molar-refractivity contribution in [2.45, 2.75) is 0 Å². The van der Waals surface area contributed by atoms with E-state index < -0.39 is 0 Å². The van der Waals surface area contributed by atoms with Crippen LogP contribution in [0.15, 0.2) is 0 Å². The van der Waals surface area contributed by atoms with Gasteiger partial charge in [-0.25, -0.2) is 0 Å². The molecule has 0 rings (SSSR count). The van der Waals surface area contributed by atoms with Crippen LogP contribution >= 0.6 is 0 Å². The molecule has 0 aliphatic carbocycles. The molecule has 0 spiro atoms. The van der Waals surface area contributed by atoms with Gasteiger partial charge < -0.3 is 0 Å². The molecular weight excluding hydrogens is 693 g/mol. The smallest absolute Gasteiger partial charge is 0 e. The number of hydrogen-bond acceptors (Lipinski definition) is 0. The van der Waals surface area contributed by atoms with Gasteiger partial charge in [0.2, 0.25) is 0 Å². The van der Waals surface area contributed by atoms with E-state index in [1.165, 1.54) is 0 Å². The first-order valence-corrected chi connectivity index (χ1v) is 0.